The number of thioether (sulfide) groups is 1. The maximum absolute atomic E-state index is 14.1. The van der Waals surface area contributed by atoms with Crippen molar-refractivity contribution < 1.29 is 36.7 Å². The zero-order chi connectivity index (χ0) is 34.6. The maximum atomic E-state index is 14.1. The molecule has 3 aliphatic carbocycles. The second-order valence-electron chi connectivity index (χ2n) is 12.8. The van der Waals surface area contributed by atoms with Crippen LogP contribution in [-0.4, -0.2) is 85.0 Å². The average molecular weight is 704 g/mol. The second kappa shape index (κ2) is 14.8. The van der Waals surface area contributed by atoms with E-state index in [4.69, 9.17) is 4.74 Å². The normalized spacial score (nSPS) is 26.2. The third kappa shape index (κ3) is 8.11. The van der Waals surface area contributed by atoms with E-state index in [1.54, 1.807) is 18.0 Å². The molecule has 4 amide bonds. The molecule has 48 heavy (non-hydrogen) atoms. The molecule has 1 aromatic rings. The van der Waals surface area contributed by atoms with Crippen LogP contribution in [0.15, 0.2) is 48.5 Å². The third-order valence-corrected chi connectivity index (χ3v) is 12.1. The lowest BCUT2D eigenvalue weighted by molar-refractivity contribution is -0.140. The molecule has 0 bridgehead atoms. The second-order valence-corrected chi connectivity index (χ2v) is 15.8. The predicted octanol–water partition coefficient (Wildman–Crippen LogP) is 3.75. The first-order valence-electron chi connectivity index (χ1n) is 16.2. The first-order chi connectivity index (χ1) is 22.9. The van der Waals surface area contributed by atoms with Gasteiger partial charge in [-0.2, -0.15) is 0 Å². The number of ether oxygens (including phenoxy) is 1. The standard InChI is InChI=1S/C33H42FN5O7S2/c1-4-6-7-8-14-39(3)30(41)25-18-22(46-32(43)36-27-12-9-21(34)16-26(27)29-35-13-15-47-29)17-24(25)28(40)37-33(19-20(33)5-2)31(42)38-48(44,45)23-10-11-23/h4-5,9,12,16,20,22-25H,1-2,6-8,10-11,13-15,17-19H2,3H3,(H,36,43)(H,37,40)(H,38,42)/t20-,22-,24-,25-,33-/m1/s1. The van der Waals surface area contributed by atoms with Crippen LogP contribution >= 0.6 is 11.8 Å². The van der Waals surface area contributed by atoms with Crippen LogP contribution in [0.5, 0.6) is 0 Å². The SMILES string of the molecule is C=CCCCCN(C)C(=O)[C@@H]1C[C@H](OC(=O)Nc2ccc(F)cc2C2=NCCS2)C[C@H]1C(=O)N[C@]1(C(=O)NS(=O)(=O)C2CC2)C[C@H]1C=C. The number of carbonyl (C=O) groups is 4. The number of nitrogens with zero attached hydrogens (tertiary/aromatic N) is 2. The zero-order valence-corrected chi connectivity index (χ0v) is 28.5. The van der Waals surface area contributed by atoms with E-state index in [9.17, 15) is 32.0 Å². The van der Waals surface area contributed by atoms with Gasteiger partial charge in [0.15, 0.2) is 0 Å². The Bertz CT molecular complexity index is 1610. The van der Waals surface area contributed by atoms with Crippen molar-refractivity contribution in [3.63, 3.8) is 0 Å². The van der Waals surface area contributed by atoms with Gasteiger partial charge in [-0.1, -0.05) is 12.2 Å². The number of benzene rings is 1. The lowest BCUT2D eigenvalue weighted by Crippen LogP contribution is -2.54. The molecular formula is C33H42FN5O7S2. The van der Waals surface area contributed by atoms with E-state index in [-0.39, 0.29) is 25.2 Å². The minimum atomic E-state index is -3.87. The van der Waals surface area contributed by atoms with Gasteiger partial charge in [-0.3, -0.25) is 29.4 Å². The Morgan fingerprint density at radius 2 is 1.92 bits per heavy atom. The van der Waals surface area contributed by atoms with Gasteiger partial charge in [0.05, 0.1) is 27.8 Å². The van der Waals surface area contributed by atoms with Crippen LogP contribution in [0.25, 0.3) is 0 Å². The Labute approximate surface area is 284 Å². The number of amides is 4. The molecule has 1 aromatic carbocycles. The number of sulfonamides is 1. The Hall–Kier alpha value is -3.72. The van der Waals surface area contributed by atoms with Crippen molar-refractivity contribution in [3.05, 3.63) is 54.9 Å². The summed E-state index contributed by atoms with van der Waals surface area (Å²) < 4.78 is 47.0. The summed E-state index contributed by atoms with van der Waals surface area (Å²) in [5, 5.41) is 5.39. The fourth-order valence-corrected chi connectivity index (χ4v) is 8.55. The number of hydrogen-bond acceptors (Lipinski definition) is 9. The third-order valence-electron chi connectivity index (χ3n) is 9.26. The van der Waals surface area contributed by atoms with Gasteiger partial charge in [-0.15, -0.1) is 24.9 Å². The number of hydrogen-bond donors (Lipinski definition) is 3. The molecule has 0 aromatic heterocycles. The van der Waals surface area contributed by atoms with Crippen LogP contribution in [0.1, 0.15) is 56.9 Å². The molecule has 0 saturated heterocycles. The summed E-state index contributed by atoms with van der Waals surface area (Å²) in [6.07, 6.45) is 5.13. The van der Waals surface area contributed by atoms with Crippen LogP contribution in [0.2, 0.25) is 0 Å². The number of aliphatic imine (C=N–C) groups is 1. The van der Waals surface area contributed by atoms with Crippen molar-refractivity contribution in [2.75, 3.05) is 31.2 Å². The highest BCUT2D eigenvalue weighted by Gasteiger charge is 2.62. The largest absolute Gasteiger partial charge is 0.446 e. The van der Waals surface area contributed by atoms with Crippen molar-refractivity contribution in [2.45, 2.75) is 68.3 Å². The van der Waals surface area contributed by atoms with Crippen LogP contribution in [0.4, 0.5) is 14.9 Å². The van der Waals surface area contributed by atoms with Gasteiger partial charge >= 0.3 is 6.09 Å². The Morgan fingerprint density at radius 3 is 2.56 bits per heavy atom. The quantitative estimate of drug-likeness (QED) is 0.184. The number of halogens is 1. The highest BCUT2D eigenvalue weighted by molar-refractivity contribution is 8.14. The summed E-state index contributed by atoms with van der Waals surface area (Å²) in [5.74, 6) is -3.81. The molecule has 3 saturated carbocycles. The van der Waals surface area contributed by atoms with E-state index >= 15 is 0 Å². The topological polar surface area (TPSA) is 163 Å². The summed E-state index contributed by atoms with van der Waals surface area (Å²) in [6, 6.07) is 3.93. The average Bonchev–Trinajstić information content (AvgIpc) is 3.92. The first kappa shape index (κ1) is 35.6. The molecule has 1 heterocycles. The predicted molar refractivity (Wildman–Crippen MR) is 181 cm³/mol. The zero-order valence-electron chi connectivity index (χ0n) is 26.9. The number of allylic oxidation sites excluding steroid dienone is 1. The summed E-state index contributed by atoms with van der Waals surface area (Å²) in [5.41, 5.74) is -0.772. The molecule has 1 aliphatic heterocycles. The van der Waals surface area contributed by atoms with Crippen molar-refractivity contribution >= 4 is 56.3 Å². The molecule has 5 rings (SSSR count). The molecule has 5 atom stereocenters. The van der Waals surface area contributed by atoms with Gasteiger partial charge in [-0.05, 0) is 69.6 Å². The van der Waals surface area contributed by atoms with E-state index < -0.39 is 68.4 Å². The molecule has 4 aliphatic rings. The molecule has 260 valence electrons. The van der Waals surface area contributed by atoms with E-state index in [0.717, 1.165) is 25.0 Å². The molecular weight excluding hydrogens is 662 g/mol. The monoisotopic (exact) mass is 703 g/mol. The highest BCUT2D eigenvalue weighted by atomic mass is 32.2. The minimum absolute atomic E-state index is 0.00434. The summed E-state index contributed by atoms with van der Waals surface area (Å²) in [6.45, 7) is 8.48. The number of anilines is 1. The van der Waals surface area contributed by atoms with Gasteiger partial charge in [0.25, 0.3) is 5.91 Å². The summed E-state index contributed by atoms with van der Waals surface area (Å²) in [4.78, 5) is 59.9. The van der Waals surface area contributed by atoms with Gasteiger partial charge < -0.3 is 15.0 Å². The summed E-state index contributed by atoms with van der Waals surface area (Å²) in [7, 11) is -2.22. The molecule has 0 radical (unpaired) electrons. The van der Waals surface area contributed by atoms with Crippen molar-refractivity contribution in [3.8, 4) is 0 Å². The van der Waals surface area contributed by atoms with Gasteiger partial charge in [0.2, 0.25) is 21.8 Å². The minimum Gasteiger partial charge on any atom is -0.446 e. The number of rotatable bonds is 15. The Balaban J connectivity index is 1.30. The van der Waals surface area contributed by atoms with Crippen molar-refractivity contribution in [1.29, 1.82) is 0 Å². The lowest BCUT2D eigenvalue weighted by atomic mass is 9.93. The highest BCUT2D eigenvalue weighted by Crippen LogP contribution is 2.46. The fourth-order valence-electron chi connectivity index (χ4n) is 6.30. The van der Waals surface area contributed by atoms with E-state index in [1.165, 1.54) is 36.0 Å². The number of unbranched alkanes of at least 4 members (excludes halogenated alkanes) is 2. The van der Waals surface area contributed by atoms with E-state index in [1.807, 2.05) is 0 Å². The Kier molecular flexibility index (Phi) is 11.0. The van der Waals surface area contributed by atoms with Crippen molar-refractivity contribution in [2.24, 2.45) is 22.7 Å². The molecule has 3 N–H and O–H groups in total. The Morgan fingerprint density at radius 1 is 1.17 bits per heavy atom. The van der Waals surface area contributed by atoms with E-state index in [2.05, 4.69) is 33.5 Å². The number of carbonyl (C=O) groups excluding carboxylic acids is 4. The fraction of sp³-hybridized carbons (Fsp3) is 0.545. The van der Waals surface area contributed by atoms with Crippen LogP contribution in [0.3, 0.4) is 0 Å². The molecule has 3 fully saturated rings. The molecule has 0 unspecified atom stereocenters. The maximum Gasteiger partial charge on any atom is 0.411 e. The summed E-state index contributed by atoms with van der Waals surface area (Å²) >= 11 is 1.45. The number of nitrogens with one attached hydrogen (secondary N) is 3. The van der Waals surface area contributed by atoms with E-state index in [0.29, 0.717) is 42.2 Å². The smallest absolute Gasteiger partial charge is 0.411 e. The van der Waals surface area contributed by atoms with Crippen LogP contribution < -0.4 is 15.4 Å². The van der Waals surface area contributed by atoms with Crippen LogP contribution in [0, 0.1) is 23.6 Å². The molecule has 15 heteroatoms. The first-order valence-corrected chi connectivity index (χ1v) is 18.7. The lowest BCUT2D eigenvalue weighted by Gasteiger charge is -2.26. The van der Waals surface area contributed by atoms with Gasteiger partial charge in [-0.25, -0.2) is 17.6 Å². The molecule has 12 nitrogen and oxygen atoms in total. The van der Waals surface area contributed by atoms with Crippen LogP contribution in [-0.2, 0) is 29.1 Å². The van der Waals surface area contributed by atoms with Gasteiger partial charge in [0.1, 0.15) is 17.5 Å². The van der Waals surface area contributed by atoms with Gasteiger partial charge in [0, 0.05) is 37.4 Å². The van der Waals surface area contributed by atoms with Crippen molar-refractivity contribution in [1.82, 2.24) is 14.9 Å². The molecule has 0 spiro atoms.